The molecule has 1 heterocycles. The molecule has 1 saturated heterocycles. The predicted molar refractivity (Wildman–Crippen MR) is 79.0 cm³/mol. The van der Waals surface area contributed by atoms with Crippen molar-refractivity contribution in [1.29, 1.82) is 0 Å². The van der Waals surface area contributed by atoms with Gasteiger partial charge in [0.1, 0.15) is 0 Å². The van der Waals surface area contributed by atoms with Gasteiger partial charge in [-0.05, 0) is 51.6 Å². The SMILES string of the molecule is C[C@@H](NC(=O)C1(C)CCNCC1)C1CCCCCC1. The third kappa shape index (κ3) is 3.95. The van der Waals surface area contributed by atoms with Crippen molar-refractivity contribution < 1.29 is 4.79 Å². The Morgan fingerprint density at radius 1 is 1.16 bits per heavy atom. The van der Waals surface area contributed by atoms with E-state index in [-0.39, 0.29) is 11.3 Å². The average molecular weight is 266 g/mol. The second-order valence-corrected chi connectivity index (χ2v) is 6.82. The lowest BCUT2D eigenvalue weighted by Crippen LogP contribution is -2.49. The summed E-state index contributed by atoms with van der Waals surface area (Å²) in [6.45, 7) is 6.28. The molecule has 2 rings (SSSR count). The summed E-state index contributed by atoms with van der Waals surface area (Å²) < 4.78 is 0. The number of nitrogens with one attached hydrogen (secondary N) is 2. The summed E-state index contributed by atoms with van der Waals surface area (Å²) in [5, 5.41) is 6.66. The van der Waals surface area contributed by atoms with Crippen LogP contribution >= 0.6 is 0 Å². The molecule has 2 aliphatic rings. The number of piperidine rings is 1. The maximum atomic E-state index is 12.5. The van der Waals surface area contributed by atoms with Crippen molar-refractivity contribution in [2.45, 2.75) is 71.3 Å². The molecule has 0 unspecified atom stereocenters. The van der Waals surface area contributed by atoms with Crippen LogP contribution in [0.25, 0.3) is 0 Å². The summed E-state index contributed by atoms with van der Waals surface area (Å²) >= 11 is 0. The number of carbonyl (C=O) groups is 1. The minimum atomic E-state index is -0.149. The Morgan fingerprint density at radius 3 is 2.32 bits per heavy atom. The van der Waals surface area contributed by atoms with Gasteiger partial charge in [-0.25, -0.2) is 0 Å². The number of hydrogen-bond acceptors (Lipinski definition) is 2. The minimum absolute atomic E-state index is 0.149. The molecule has 3 nitrogen and oxygen atoms in total. The Labute approximate surface area is 117 Å². The quantitative estimate of drug-likeness (QED) is 0.771. The lowest BCUT2D eigenvalue weighted by molar-refractivity contribution is -0.132. The molecule has 0 spiro atoms. The zero-order valence-electron chi connectivity index (χ0n) is 12.6. The highest BCUT2D eigenvalue weighted by molar-refractivity contribution is 5.82. The van der Waals surface area contributed by atoms with Crippen LogP contribution in [0, 0.1) is 11.3 Å². The van der Waals surface area contributed by atoms with Crippen molar-refractivity contribution in [3.63, 3.8) is 0 Å². The molecule has 1 aliphatic heterocycles. The summed E-state index contributed by atoms with van der Waals surface area (Å²) in [4.78, 5) is 12.5. The van der Waals surface area contributed by atoms with E-state index in [1.54, 1.807) is 0 Å². The molecule has 2 fully saturated rings. The van der Waals surface area contributed by atoms with E-state index in [0.29, 0.717) is 12.0 Å². The van der Waals surface area contributed by atoms with Crippen molar-refractivity contribution in [2.75, 3.05) is 13.1 Å². The second-order valence-electron chi connectivity index (χ2n) is 6.82. The fraction of sp³-hybridized carbons (Fsp3) is 0.938. The van der Waals surface area contributed by atoms with Gasteiger partial charge in [0.05, 0.1) is 0 Å². The van der Waals surface area contributed by atoms with Crippen molar-refractivity contribution in [1.82, 2.24) is 10.6 Å². The van der Waals surface area contributed by atoms with E-state index in [1.807, 2.05) is 0 Å². The normalized spacial score (nSPS) is 26.4. The maximum absolute atomic E-state index is 12.5. The van der Waals surface area contributed by atoms with Crippen LogP contribution in [0.4, 0.5) is 0 Å². The number of carbonyl (C=O) groups excluding carboxylic acids is 1. The minimum Gasteiger partial charge on any atom is -0.353 e. The van der Waals surface area contributed by atoms with Crippen molar-refractivity contribution >= 4 is 5.91 Å². The monoisotopic (exact) mass is 266 g/mol. The molecule has 1 saturated carbocycles. The first-order valence-corrected chi connectivity index (χ1v) is 8.13. The predicted octanol–water partition coefficient (Wildman–Crippen LogP) is 2.85. The molecule has 0 aromatic heterocycles. The van der Waals surface area contributed by atoms with Crippen LogP contribution in [0.2, 0.25) is 0 Å². The van der Waals surface area contributed by atoms with Gasteiger partial charge in [-0.15, -0.1) is 0 Å². The molecule has 1 atom stereocenters. The zero-order valence-corrected chi connectivity index (χ0v) is 12.6. The Balaban J connectivity index is 1.86. The second kappa shape index (κ2) is 6.74. The van der Waals surface area contributed by atoms with Crippen LogP contribution in [0.5, 0.6) is 0 Å². The van der Waals surface area contributed by atoms with E-state index >= 15 is 0 Å². The van der Waals surface area contributed by atoms with Gasteiger partial charge in [-0.2, -0.15) is 0 Å². The molecular weight excluding hydrogens is 236 g/mol. The average Bonchev–Trinajstić information content (AvgIpc) is 2.68. The van der Waals surface area contributed by atoms with E-state index in [4.69, 9.17) is 0 Å². The Kier molecular flexibility index (Phi) is 5.26. The summed E-state index contributed by atoms with van der Waals surface area (Å²) in [5.74, 6) is 0.975. The van der Waals surface area contributed by atoms with E-state index in [2.05, 4.69) is 24.5 Å². The van der Waals surface area contributed by atoms with E-state index in [1.165, 1.54) is 38.5 Å². The summed E-state index contributed by atoms with van der Waals surface area (Å²) in [7, 11) is 0. The first-order chi connectivity index (χ1) is 9.12. The van der Waals surface area contributed by atoms with Crippen molar-refractivity contribution in [3.05, 3.63) is 0 Å². The first-order valence-electron chi connectivity index (χ1n) is 8.13. The van der Waals surface area contributed by atoms with Crippen LogP contribution in [-0.4, -0.2) is 25.0 Å². The van der Waals surface area contributed by atoms with Gasteiger partial charge in [0.25, 0.3) is 0 Å². The van der Waals surface area contributed by atoms with Crippen LogP contribution in [0.15, 0.2) is 0 Å². The van der Waals surface area contributed by atoms with Gasteiger partial charge in [-0.1, -0.05) is 32.6 Å². The van der Waals surface area contributed by atoms with E-state index in [0.717, 1.165) is 25.9 Å². The highest BCUT2D eigenvalue weighted by Gasteiger charge is 2.35. The Hall–Kier alpha value is -0.570. The van der Waals surface area contributed by atoms with E-state index in [9.17, 15) is 4.79 Å². The smallest absolute Gasteiger partial charge is 0.226 e. The summed E-state index contributed by atoms with van der Waals surface area (Å²) in [5.41, 5.74) is -0.149. The lowest BCUT2D eigenvalue weighted by Gasteiger charge is -2.35. The van der Waals surface area contributed by atoms with Crippen LogP contribution in [0.3, 0.4) is 0 Å². The number of amides is 1. The molecule has 3 heteroatoms. The molecule has 110 valence electrons. The number of rotatable bonds is 3. The topological polar surface area (TPSA) is 41.1 Å². The largest absolute Gasteiger partial charge is 0.353 e. The van der Waals surface area contributed by atoms with Crippen molar-refractivity contribution in [3.8, 4) is 0 Å². The number of hydrogen-bond donors (Lipinski definition) is 2. The van der Waals surface area contributed by atoms with Gasteiger partial charge >= 0.3 is 0 Å². The van der Waals surface area contributed by atoms with Crippen LogP contribution in [0.1, 0.15) is 65.2 Å². The third-order valence-corrected chi connectivity index (χ3v) is 5.22. The van der Waals surface area contributed by atoms with Gasteiger partial charge in [0.2, 0.25) is 5.91 Å². The first kappa shape index (κ1) is 14.8. The molecule has 1 aliphatic carbocycles. The van der Waals surface area contributed by atoms with Crippen molar-refractivity contribution in [2.24, 2.45) is 11.3 Å². The van der Waals surface area contributed by atoms with Gasteiger partial charge in [0.15, 0.2) is 0 Å². The third-order valence-electron chi connectivity index (χ3n) is 5.22. The molecule has 0 aromatic carbocycles. The molecule has 0 radical (unpaired) electrons. The molecule has 2 N–H and O–H groups in total. The molecule has 19 heavy (non-hydrogen) atoms. The standard InChI is InChI=1S/C16H30N2O/c1-13(14-7-5-3-4-6-8-14)18-15(19)16(2)9-11-17-12-10-16/h13-14,17H,3-12H2,1-2H3,(H,18,19)/t13-/m1/s1. The summed E-state index contributed by atoms with van der Waals surface area (Å²) in [6, 6.07) is 0.345. The zero-order chi connectivity index (χ0) is 13.7. The fourth-order valence-electron chi connectivity index (χ4n) is 3.52. The molecular formula is C16H30N2O. The van der Waals surface area contributed by atoms with Gasteiger partial charge < -0.3 is 10.6 Å². The highest BCUT2D eigenvalue weighted by atomic mass is 16.2. The maximum Gasteiger partial charge on any atom is 0.226 e. The highest BCUT2D eigenvalue weighted by Crippen LogP contribution is 2.30. The lowest BCUT2D eigenvalue weighted by atomic mass is 9.79. The Bertz CT molecular complexity index is 289. The Morgan fingerprint density at radius 2 is 1.74 bits per heavy atom. The summed E-state index contributed by atoms with van der Waals surface area (Å²) in [6.07, 6.45) is 9.95. The van der Waals surface area contributed by atoms with E-state index < -0.39 is 0 Å². The molecule has 0 aromatic rings. The van der Waals surface area contributed by atoms with Gasteiger partial charge in [-0.3, -0.25) is 4.79 Å². The van der Waals surface area contributed by atoms with Crippen LogP contribution in [-0.2, 0) is 4.79 Å². The molecule has 1 amide bonds. The van der Waals surface area contributed by atoms with Gasteiger partial charge in [0, 0.05) is 11.5 Å². The molecule has 0 bridgehead atoms. The van der Waals surface area contributed by atoms with Crippen LogP contribution < -0.4 is 10.6 Å². The fourth-order valence-corrected chi connectivity index (χ4v) is 3.52.